The van der Waals surface area contributed by atoms with Crippen LogP contribution in [0, 0.1) is 5.82 Å². The summed E-state index contributed by atoms with van der Waals surface area (Å²) in [7, 11) is 0. The van der Waals surface area contributed by atoms with E-state index in [0.29, 0.717) is 6.54 Å². The van der Waals surface area contributed by atoms with Crippen molar-refractivity contribution < 1.29 is 9.18 Å². The summed E-state index contributed by atoms with van der Waals surface area (Å²) in [4.78, 5) is 17.6. The first-order chi connectivity index (χ1) is 8.09. The molecule has 19 heavy (non-hydrogen) atoms. The van der Waals surface area contributed by atoms with Gasteiger partial charge in [0, 0.05) is 31.4 Å². The molecule has 2 heterocycles. The Morgan fingerprint density at radius 3 is 2.79 bits per heavy atom. The van der Waals surface area contributed by atoms with E-state index in [4.69, 9.17) is 0 Å². The fourth-order valence-electron chi connectivity index (χ4n) is 2.01. The van der Waals surface area contributed by atoms with Crippen molar-refractivity contribution in [3.63, 3.8) is 0 Å². The number of nitrogens with zero attached hydrogens (tertiary/aromatic N) is 2. The molecule has 1 aromatic heterocycles. The van der Waals surface area contributed by atoms with Gasteiger partial charge in [0.15, 0.2) is 5.82 Å². The molecule has 1 aliphatic rings. The molecule has 4 nitrogen and oxygen atoms in total. The Balaban J connectivity index is 0.00000162. The molecular weight excluding hydrogens is 292 g/mol. The molecule has 7 heteroatoms. The number of halogens is 3. The SMILES string of the molecule is CC1CN(C(=O)c2ccncc2F)C(C)CN1.Cl.Cl. The van der Waals surface area contributed by atoms with Crippen molar-refractivity contribution in [2.24, 2.45) is 0 Å². The number of hydrogen-bond donors (Lipinski definition) is 1. The summed E-state index contributed by atoms with van der Waals surface area (Å²) >= 11 is 0. The Hall–Kier alpha value is -0.910. The van der Waals surface area contributed by atoms with Gasteiger partial charge in [0.05, 0.1) is 11.8 Å². The first kappa shape index (κ1) is 18.1. The maximum absolute atomic E-state index is 13.5. The lowest BCUT2D eigenvalue weighted by Crippen LogP contribution is -2.56. The molecule has 1 fully saturated rings. The van der Waals surface area contributed by atoms with Crippen molar-refractivity contribution in [2.45, 2.75) is 25.9 Å². The maximum Gasteiger partial charge on any atom is 0.257 e. The van der Waals surface area contributed by atoms with Gasteiger partial charge in [0.1, 0.15) is 0 Å². The summed E-state index contributed by atoms with van der Waals surface area (Å²) in [5.41, 5.74) is 0.0981. The van der Waals surface area contributed by atoms with Crippen LogP contribution in [0.3, 0.4) is 0 Å². The highest BCUT2D eigenvalue weighted by molar-refractivity contribution is 5.94. The predicted octanol–water partition coefficient (Wildman–Crippen LogP) is 1.89. The van der Waals surface area contributed by atoms with E-state index in [1.165, 1.54) is 12.3 Å². The molecule has 0 aromatic carbocycles. The number of amides is 1. The topological polar surface area (TPSA) is 45.2 Å². The summed E-state index contributed by atoms with van der Waals surface area (Å²) in [5.74, 6) is -0.818. The van der Waals surface area contributed by atoms with Gasteiger partial charge in [-0.3, -0.25) is 9.78 Å². The van der Waals surface area contributed by atoms with E-state index in [1.807, 2.05) is 13.8 Å². The average Bonchev–Trinajstić information content (AvgIpc) is 2.32. The summed E-state index contributed by atoms with van der Waals surface area (Å²) in [6.07, 6.45) is 2.51. The number of pyridine rings is 1. The Kier molecular flexibility index (Phi) is 7.26. The molecule has 1 aliphatic heterocycles. The lowest BCUT2D eigenvalue weighted by molar-refractivity contribution is 0.0611. The molecule has 2 atom stereocenters. The van der Waals surface area contributed by atoms with Crippen LogP contribution >= 0.6 is 24.8 Å². The van der Waals surface area contributed by atoms with Gasteiger partial charge < -0.3 is 10.2 Å². The Morgan fingerprint density at radius 2 is 2.16 bits per heavy atom. The third kappa shape index (κ3) is 4.03. The first-order valence-corrected chi connectivity index (χ1v) is 5.73. The molecule has 0 bridgehead atoms. The van der Waals surface area contributed by atoms with Crippen LogP contribution in [0.25, 0.3) is 0 Å². The minimum Gasteiger partial charge on any atom is -0.333 e. The van der Waals surface area contributed by atoms with Crippen LogP contribution in [0.1, 0.15) is 24.2 Å². The molecule has 1 saturated heterocycles. The van der Waals surface area contributed by atoms with E-state index in [0.717, 1.165) is 12.7 Å². The zero-order valence-electron chi connectivity index (χ0n) is 10.8. The van der Waals surface area contributed by atoms with Gasteiger partial charge >= 0.3 is 0 Å². The lowest BCUT2D eigenvalue weighted by atomic mass is 10.1. The molecule has 0 radical (unpaired) electrons. The zero-order chi connectivity index (χ0) is 12.4. The van der Waals surface area contributed by atoms with Crippen LogP contribution in [0.2, 0.25) is 0 Å². The van der Waals surface area contributed by atoms with Gasteiger partial charge in [-0.05, 0) is 19.9 Å². The van der Waals surface area contributed by atoms with E-state index in [2.05, 4.69) is 10.3 Å². The summed E-state index contributed by atoms with van der Waals surface area (Å²) in [6, 6.07) is 1.74. The van der Waals surface area contributed by atoms with Crippen LogP contribution in [0.5, 0.6) is 0 Å². The second-order valence-corrected chi connectivity index (χ2v) is 4.47. The summed E-state index contributed by atoms with van der Waals surface area (Å²) < 4.78 is 13.5. The monoisotopic (exact) mass is 309 g/mol. The van der Waals surface area contributed by atoms with Gasteiger partial charge in [-0.25, -0.2) is 4.39 Å². The molecule has 2 rings (SSSR count). The number of carbonyl (C=O) groups is 1. The molecular formula is C12H18Cl2FN3O. The molecule has 0 aliphatic carbocycles. The molecule has 1 N–H and O–H groups in total. The number of aromatic nitrogens is 1. The van der Waals surface area contributed by atoms with E-state index in [1.54, 1.807) is 4.90 Å². The largest absolute Gasteiger partial charge is 0.333 e. The average molecular weight is 310 g/mol. The van der Waals surface area contributed by atoms with Gasteiger partial charge in [-0.1, -0.05) is 0 Å². The van der Waals surface area contributed by atoms with Crippen LogP contribution in [-0.4, -0.2) is 41.0 Å². The highest BCUT2D eigenvalue weighted by Gasteiger charge is 2.28. The maximum atomic E-state index is 13.5. The minimum absolute atomic E-state index is 0. The third-order valence-corrected chi connectivity index (χ3v) is 3.03. The summed E-state index contributed by atoms with van der Waals surface area (Å²) in [6.45, 7) is 5.30. The number of piperazine rings is 1. The standard InChI is InChI=1S/C12H16FN3O.2ClH/c1-8-7-16(9(2)5-15-8)12(17)10-3-4-14-6-11(10)13;;/h3-4,6,8-9,15H,5,7H2,1-2H3;2*1H. The summed E-state index contributed by atoms with van der Waals surface area (Å²) in [5, 5.41) is 3.28. The van der Waals surface area contributed by atoms with Gasteiger partial charge in [-0.15, -0.1) is 24.8 Å². The number of rotatable bonds is 1. The lowest BCUT2D eigenvalue weighted by Gasteiger charge is -2.37. The minimum atomic E-state index is -0.559. The van der Waals surface area contributed by atoms with Crippen molar-refractivity contribution in [3.8, 4) is 0 Å². The van der Waals surface area contributed by atoms with E-state index in [-0.39, 0.29) is 48.4 Å². The Bertz CT molecular complexity index is 433. The van der Waals surface area contributed by atoms with Crippen LogP contribution in [0.4, 0.5) is 4.39 Å². The van der Waals surface area contributed by atoms with Crippen LogP contribution in [-0.2, 0) is 0 Å². The third-order valence-electron chi connectivity index (χ3n) is 3.03. The van der Waals surface area contributed by atoms with Crippen molar-refractivity contribution in [1.29, 1.82) is 0 Å². The highest BCUT2D eigenvalue weighted by Crippen LogP contribution is 2.14. The Morgan fingerprint density at radius 1 is 1.47 bits per heavy atom. The number of hydrogen-bond acceptors (Lipinski definition) is 3. The Labute approximate surface area is 124 Å². The van der Waals surface area contributed by atoms with E-state index < -0.39 is 5.82 Å². The molecule has 0 saturated carbocycles. The smallest absolute Gasteiger partial charge is 0.257 e. The van der Waals surface area contributed by atoms with Gasteiger partial charge in [0.25, 0.3) is 5.91 Å². The van der Waals surface area contributed by atoms with E-state index in [9.17, 15) is 9.18 Å². The molecule has 0 spiro atoms. The number of nitrogens with one attached hydrogen (secondary N) is 1. The molecule has 2 unspecified atom stereocenters. The zero-order valence-corrected chi connectivity index (χ0v) is 12.4. The fourth-order valence-corrected chi connectivity index (χ4v) is 2.01. The van der Waals surface area contributed by atoms with Crippen molar-refractivity contribution in [1.82, 2.24) is 15.2 Å². The predicted molar refractivity (Wildman–Crippen MR) is 76.7 cm³/mol. The molecule has 108 valence electrons. The second kappa shape index (κ2) is 7.62. The first-order valence-electron chi connectivity index (χ1n) is 5.73. The van der Waals surface area contributed by atoms with E-state index >= 15 is 0 Å². The van der Waals surface area contributed by atoms with Gasteiger partial charge in [-0.2, -0.15) is 0 Å². The fraction of sp³-hybridized carbons (Fsp3) is 0.500. The number of carbonyl (C=O) groups excluding carboxylic acids is 1. The van der Waals surface area contributed by atoms with Crippen LogP contribution < -0.4 is 5.32 Å². The van der Waals surface area contributed by atoms with Crippen molar-refractivity contribution in [3.05, 3.63) is 29.8 Å². The van der Waals surface area contributed by atoms with Crippen LogP contribution in [0.15, 0.2) is 18.5 Å². The molecule has 1 amide bonds. The normalized spacial score (nSPS) is 22.2. The highest BCUT2D eigenvalue weighted by atomic mass is 35.5. The van der Waals surface area contributed by atoms with Gasteiger partial charge in [0.2, 0.25) is 0 Å². The van der Waals surface area contributed by atoms with Crippen molar-refractivity contribution in [2.75, 3.05) is 13.1 Å². The molecule has 1 aromatic rings. The quantitative estimate of drug-likeness (QED) is 0.861. The van der Waals surface area contributed by atoms with Crippen molar-refractivity contribution >= 4 is 30.7 Å². The second-order valence-electron chi connectivity index (χ2n) is 4.47.